The smallest absolute Gasteiger partial charge is 0.262 e. The van der Waals surface area contributed by atoms with Crippen molar-refractivity contribution in [2.45, 2.75) is 6.17 Å². The van der Waals surface area contributed by atoms with Crippen molar-refractivity contribution >= 4 is 23.0 Å². The van der Waals surface area contributed by atoms with Crippen molar-refractivity contribution < 1.29 is 9.53 Å². The van der Waals surface area contributed by atoms with Crippen molar-refractivity contribution in [1.29, 1.82) is 0 Å². The number of fused-ring (bicyclic) bond motifs is 1. The van der Waals surface area contributed by atoms with E-state index >= 15 is 0 Å². The average Bonchev–Trinajstić information content (AvgIpc) is 2.80. The zero-order valence-electron chi connectivity index (χ0n) is 16.1. The van der Waals surface area contributed by atoms with E-state index in [9.17, 15) is 4.79 Å². The fourth-order valence-corrected chi connectivity index (χ4v) is 4.03. The molecule has 5 rings (SSSR count). The second-order valence-electron chi connectivity index (χ2n) is 7.29. The fraction of sp³-hybridized carbons (Fsp3) is 0.208. The van der Waals surface area contributed by atoms with Crippen LogP contribution in [0.4, 0.5) is 17.1 Å². The number of amides is 1. The van der Waals surface area contributed by atoms with E-state index in [4.69, 9.17) is 4.74 Å². The summed E-state index contributed by atoms with van der Waals surface area (Å²) in [5.41, 5.74) is 4.64. The average molecular weight is 385 g/mol. The highest BCUT2D eigenvalue weighted by atomic mass is 16.5. The summed E-state index contributed by atoms with van der Waals surface area (Å²) in [5, 5.41) is 3.55. The van der Waals surface area contributed by atoms with Crippen molar-refractivity contribution in [1.82, 2.24) is 0 Å². The normalized spacial score (nSPS) is 18.9. The highest BCUT2D eigenvalue weighted by Crippen LogP contribution is 2.37. The maximum Gasteiger partial charge on any atom is 0.262 e. The number of rotatable bonds is 3. The minimum absolute atomic E-state index is 0.00678. The Bertz CT molecular complexity index is 998. The minimum atomic E-state index is -0.257. The maximum atomic E-state index is 13.4. The molecule has 0 saturated carbocycles. The van der Waals surface area contributed by atoms with E-state index in [1.807, 2.05) is 71.6 Å². The van der Waals surface area contributed by atoms with Gasteiger partial charge in [0, 0.05) is 30.2 Å². The van der Waals surface area contributed by atoms with Crippen molar-refractivity contribution in [3.05, 3.63) is 90.0 Å². The number of hydrogen-bond donors (Lipinski definition) is 1. The summed E-state index contributed by atoms with van der Waals surface area (Å²) in [4.78, 5) is 17.6. The molecule has 1 unspecified atom stereocenters. The van der Waals surface area contributed by atoms with E-state index in [1.165, 1.54) is 0 Å². The first-order chi connectivity index (χ1) is 14.3. The Balaban J connectivity index is 1.52. The van der Waals surface area contributed by atoms with Crippen LogP contribution in [-0.4, -0.2) is 32.2 Å². The zero-order chi connectivity index (χ0) is 19.6. The van der Waals surface area contributed by atoms with Crippen LogP contribution in [0.5, 0.6) is 0 Å². The van der Waals surface area contributed by atoms with Gasteiger partial charge in [-0.05, 0) is 42.0 Å². The van der Waals surface area contributed by atoms with Gasteiger partial charge in [-0.2, -0.15) is 0 Å². The molecule has 5 heteroatoms. The molecule has 5 nitrogen and oxygen atoms in total. The number of carbonyl (C=O) groups is 1. The highest BCUT2D eigenvalue weighted by molar-refractivity contribution is 6.12. The lowest BCUT2D eigenvalue weighted by molar-refractivity contribution is 0.0975. The number of para-hydroxylation sites is 1. The summed E-state index contributed by atoms with van der Waals surface area (Å²) in [6.45, 7) is 3.29. The molecule has 1 saturated heterocycles. The number of morpholine rings is 1. The molecule has 0 bridgehead atoms. The summed E-state index contributed by atoms with van der Waals surface area (Å²) in [5.74, 6) is 0.00678. The number of anilines is 3. The molecule has 0 aromatic heterocycles. The number of hydrogen-bond acceptors (Lipinski definition) is 4. The van der Waals surface area contributed by atoms with Gasteiger partial charge in [0.25, 0.3) is 5.91 Å². The second-order valence-corrected chi connectivity index (χ2v) is 7.29. The molecule has 3 aromatic carbocycles. The van der Waals surface area contributed by atoms with Crippen molar-refractivity contribution in [2.24, 2.45) is 0 Å². The van der Waals surface area contributed by atoms with E-state index in [2.05, 4.69) is 22.3 Å². The van der Waals surface area contributed by atoms with E-state index in [0.29, 0.717) is 5.56 Å². The molecule has 3 aromatic rings. The number of carbonyl (C=O) groups excluding carboxylic acids is 1. The number of nitrogens with zero attached hydrogens (tertiary/aromatic N) is 2. The fourth-order valence-electron chi connectivity index (χ4n) is 4.03. The molecule has 1 atom stereocenters. The Kier molecular flexibility index (Phi) is 4.66. The minimum Gasteiger partial charge on any atom is -0.378 e. The summed E-state index contributed by atoms with van der Waals surface area (Å²) >= 11 is 0. The Morgan fingerprint density at radius 1 is 0.793 bits per heavy atom. The molecule has 1 amide bonds. The Labute approximate surface area is 170 Å². The molecule has 1 fully saturated rings. The van der Waals surface area contributed by atoms with Gasteiger partial charge in [0.05, 0.1) is 18.8 Å². The molecular formula is C24H23N3O2. The van der Waals surface area contributed by atoms with E-state index in [-0.39, 0.29) is 12.1 Å². The third kappa shape index (κ3) is 3.34. The maximum absolute atomic E-state index is 13.4. The Morgan fingerprint density at radius 3 is 2.21 bits per heavy atom. The van der Waals surface area contributed by atoms with Gasteiger partial charge in [0.15, 0.2) is 0 Å². The largest absolute Gasteiger partial charge is 0.378 e. The van der Waals surface area contributed by atoms with Gasteiger partial charge < -0.3 is 15.0 Å². The predicted octanol–water partition coefficient (Wildman–Crippen LogP) is 4.29. The van der Waals surface area contributed by atoms with Crippen LogP contribution in [0.1, 0.15) is 22.1 Å². The van der Waals surface area contributed by atoms with Crippen LogP contribution in [0.2, 0.25) is 0 Å². The van der Waals surface area contributed by atoms with Gasteiger partial charge >= 0.3 is 0 Å². The Hall–Kier alpha value is -3.31. The lowest BCUT2D eigenvalue weighted by Crippen LogP contribution is -2.43. The van der Waals surface area contributed by atoms with Gasteiger partial charge in [-0.15, -0.1) is 0 Å². The quantitative estimate of drug-likeness (QED) is 0.730. The molecule has 1 N–H and O–H groups in total. The number of ether oxygens (including phenoxy) is 1. The summed E-state index contributed by atoms with van der Waals surface area (Å²) < 4.78 is 5.45. The molecule has 2 heterocycles. The SMILES string of the molecule is O=C1c2ccccc2NC(c2ccccc2)N1c1ccc(N2CCOCC2)cc1. The molecule has 0 aliphatic carbocycles. The van der Waals surface area contributed by atoms with Gasteiger partial charge in [0.1, 0.15) is 6.17 Å². The van der Waals surface area contributed by atoms with Crippen molar-refractivity contribution in [2.75, 3.05) is 41.4 Å². The van der Waals surface area contributed by atoms with Crippen LogP contribution in [0.3, 0.4) is 0 Å². The van der Waals surface area contributed by atoms with Crippen LogP contribution in [-0.2, 0) is 4.74 Å². The van der Waals surface area contributed by atoms with Crippen LogP contribution < -0.4 is 15.1 Å². The standard InChI is InChI=1S/C24H23N3O2/c28-24-21-8-4-5-9-22(21)25-23(18-6-2-1-3-7-18)27(24)20-12-10-19(11-13-20)26-14-16-29-17-15-26/h1-13,23,25H,14-17H2. The highest BCUT2D eigenvalue weighted by Gasteiger charge is 2.33. The summed E-state index contributed by atoms with van der Waals surface area (Å²) in [6.07, 6.45) is -0.257. The van der Waals surface area contributed by atoms with E-state index in [0.717, 1.165) is 48.9 Å². The van der Waals surface area contributed by atoms with Gasteiger partial charge in [-0.3, -0.25) is 9.69 Å². The predicted molar refractivity (Wildman–Crippen MR) is 116 cm³/mol. The summed E-state index contributed by atoms with van der Waals surface area (Å²) in [7, 11) is 0. The molecular weight excluding hydrogens is 362 g/mol. The third-order valence-electron chi connectivity index (χ3n) is 5.55. The topological polar surface area (TPSA) is 44.8 Å². The van der Waals surface area contributed by atoms with E-state index in [1.54, 1.807) is 0 Å². The first-order valence-electron chi connectivity index (χ1n) is 9.98. The van der Waals surface area contributed by atoms with Gasteiger partial charge in [0.2, 0.25) is 0 Å². The van der Waals surface area contributed by atoms with Gasteiger partial charge in [-0.25, -0.2) is 0 Å². The van der Waals surface area contributed by atoms with E-state index < -0.39 is 0 Å². The molecule has 2 aliphatic heterocycles. The monoisotopic (exact) mass is 385 g/mol. The van der Waals surface area contributed by atoms with Gasteiger partial charge in [-0.1, -0.05) is 42.5 Å². The number of nitrogens with one attached hydrogen (secondary N) is 1. The Morgan fingerprint density at radius 2 is 1.45 bits per heavy atom. The first kappa shape index (κ1) is 17.8. The molecule has 0 spiro atoms. The first-order valence-corrected chi connectivity index (χ1v) is 9.98. The zero-order valence-corrected chi connectivity index (χ0v) is 16.1. The van der Waals surface area contributed by atoms with Crippen LogP contribution in [0, 0.1) is 0 Å². The number of benzene rings is 3. The molecule has 0 radical (unpaired) electrons. The molecule has 146 valence electrons. The van der Waals surface area contributed by atoms with Crippen LogP contribution in [0.25, 0.3) is 0 Å². The van der Waals surface area contributed by atoms with Crippen LogP contribution in [0.15, 0.2) is 78.9 Å². The lowest BCUT2D eigenvalue weighted by atomic mass is 10.0. The summed E-state index contributed by atoms with van der Waals surface area (Å²) in [6, 6.07) is 26.0. The molecule has 2 aliphatic rings. The lowest BCUT2D eigenvalue weighted by Gasteiger charge is -2.38. The van der Waals surface area contributed by atoms with Crippen LogP contribution >= 0.6 is 0 Å². The third-order valence-corrected chi connectivity index (χ3v) is 5.55. The second kappa shape index (κ2) is 7.60. The molecule has 29 heavy (non-hydrogen) atoms. The van der Waals surface area contributed by atoms with Crippen molar-refractivity contribution in [3.63, 3.8) is 0 Å². The van der Waals surface area contributed by atoms with Crippen molar-refractivity contribution in [3.8, 4) is 0 Å².